The van der Waals surface area contributed by atoms with Gasteiger partial charge in [0.05, 0.1) is 10.6 Å². The van der Waals surface area contributed by atoms with Crippen LogP contribution >= 0.6 is 0 Å². The number of rotatable bonds is 10. The van der Waals surface area contributed by atoms with Crippen LogP contribution in [-0.4, -0.2) is 14.2 Å². The summed E-state index contributed by atoms with van der Waals surface area (Å²) in [5.41, 5.74) is 1.23. The number of unbranched alkanes of at least 4 members (excludes halogenated alkanes) is 2. The van der Waals surface area contributed by atoms with Gasteiger partial charge in [-0.2, -0.15) is 0 Å². The maximum absolute atomic E-state index is 12.3. The van der Waals surface area contributed by atoms with Crippen LogP contribution in [0.15, 0.2) is 29.2 Å². The Balaban J connectivity index is 2.58. The van der Waals surface area contributed by atoms with E-state index < -0.39 is 9.84 Å². The first-order chi connectivity index (χ1) is 9.99. The molecule has 0 aromatic heterocycles. The molecule has 1 atom stereocenters. The summed E-state index contributed by atoms with van der Waals surface area (Å²) in [6.07, 6.45) is 7.33. The highest BCUT2D eigenvalue weighted by Gasteiger charge is 2.15. The molecule has 0 saturated heterocycles. The highest BCUT2D eigenvalue weighted by atomic mass is 32.2. The Morgan fingerprint density at radius 2 is 1.67 bits per heavy atom. The molecule has 1 radical (unpaired) electrons. The Bertz CT molecular complexity index is 488. The van der Waals surface area contributed by atoms with E-state index in [4.69, 9.17) is 0 Å². The zero-order valence-electron chi connectivity index (χ0n) is 13.5. The van der Waals surface area contributed by atoms with Crippen LogP contribution < -0.4 is 0 Å². The normalized spacial score (nSPS) is 13.3. The minimum absolute atomic E-state index is 0.205. The van der Waals surface area contributed by atoms with Gasteiger partial charge in [0, 0.05) is 0 Å². The molecule has 2 nitrogen and oxygen atoms in total. The smallest absolute Gasteiger partial charge is 0.178 e. The molecule has 0 heterocycles. The van der Waals surface area contributed by atoms with Crippen molar-refractivity contribution in [3.63, 3.8) is 0 Å². The highest BCUT2D eigenvalue weighted by Crippen LogP contribution is 2.18. The van der Waals surface area contributed by atoms with Crippen molar-refractivity contribution in [3.8, 4) is 0 Å². The van der Waals surface area contributed by atoms with Crippen LogP contribution in [0, 0.1) is 12.8 Å². The summed E-state index contributed by atoms with van der Waals surface area (Å²) in [6, 6.07) is 7.43. The molecule has 119 valence electrons. The van der Waals surface area contributed by atoms with E-state index in [1.54, 1.807) is 12.1 Å². The summed E-state index contributed by atoms with van der Waals surface area (Å²) in [5.74, 6) is 0.439. The largest absolute Gasteiger partial charge is 0.224 e. The van der Waals surface area contributed by atoms with Crippen LogP contribution in [0.3, 0.4) is 0 Å². The highest BCUT2D eigenvalue weighted by molar-refractivity contribution is 7.91. The zero-order valence-corrected chi connectivity index (χ0v) is 14.3. The second-order valence-corrected chi connectivity index (χ2v) is 7.97. The van der Waals surface area contributed by atoms with Crippen LogP contribution in [-0.2, 0) is 16.3 Å². The fourth-order valence-corrected chi connectivity index (χ4v) is 3.86. The lowest BCUT2D eigenvalue weighted by Gasteiger charge is -2.10. The van der Waals surface area contributed by atoms with Crippen LogP contribution in [0.5, 0.6) is 0 Å². The Labute approximate surface area is 130 Å². The Hall–Kier alpha value is -0.830. The van der Waals surface area contributed by atoms with Crippen LogP contribution in [0.2, 0.25) is 0 Å². The summed E-state index contributed by atoms with van der Waals surface area (Å²) < 4.78 is 24.6. The van der Waals surface area contributed by atoms with E-state index in [2.05, 4.69) is 20.8 Å². The molecule has 1 unspecified atom stereocenters. The SMILES string of the molecule is [CH2]C(CCC)CCS(=O)(=O)c1ccc(CCCCC)cc1. The van der Waals surface area contributed by atoms with Gasteiger partial charge in [-0.3, -0.25) is 0 Å². The van der Waals surface area contributed by atoms with E-state index in [1.165, 1.54) is 24.8 Å². The van der Waals surface area contributed by atoms with Crippen molar-refractivity contribution in [1.29, 1.82) is 0 Å². The predicted octanol–water partition coefficient (Wildman–Crippen LogP) is 4.83. The summed E-state index contributed by atoms with van der Waals surface area (Å²) in [6.45, 7) is 8.30. The van der Waals surface area contributed by atoms with Gasteiger partial charge in [0.1, 0.15) is 0 Å². The van der Waals surface area contributed by atoms with Crippen LogP contribution in [0.25, 0.3) is 0 Å². The number of hydrogen-bond donors (Lipinski definition) is 0. The topological polar surface area (TPSA) is 34.1 Å². The van der Waals surface area contributed by atoms with Gasteiger partial charge in [-0.25, -0.2) is 8.42 Å². The Morgan fingerprint density at radius 3 is 2.24 bits per heavy atom. The van der Waals surface area contributed by atoms with Gasteiger partial charge in [0.15, 0.2) is 9.84 Å². The van der Waals surface area contributed by atoms with Gasteiger partial charge in [0.2, 0.25) is 0 Å². The zero-order chi connectivity index (χ0) is 15.7. The summed E-state index contributed by atoms with van der Waals surface area (Å²) in [7, 11) is -3.16. The van der Waals surface area contributed by atoms with E-state index in [9.17, 15) is 8.42 Å². The first-order valence-corrected chi connectivity index (χ1v) is 9.79. The van der Waals surface area contributed by atoms with Gasteiger partial charge in [0.25, 0.3) is 0 Å². The molecule has 21 heavy (non-hydrogen) atoms. The third-order valence-corrected chi connectivity index (χ3v) is 5.61. The Morgan fingerprint density at radius 1 is 1.00 bits per heavy atom. The van der Waals surface area contributed by atoms with Crippen molar-refractivity contribution < 1.29 is 8.42 Å². The third-order valence-electron chi connectivity index (χ3n) is 3.84. The van der Waals surface area contributed by atoms with E-state index in [0.29, 0.717) is 11.3 Å². The molecule has 0 aliphatic heterocycles. The summed E-state index contributed by atoms with van der Waals surface area (Å²) in [4.78, 5) is 0.449. The van der Waals surface area contributed by atoms with Crippen molar-refractivity contribution in [2.75, 3.05) is 5.75 Å². The number of sulfone groups is 1. The molecular weight excluding hydrogens is 280 g/mol. The molecule has 3 heteroatoms. The van der Waals surface area contributed by atoms with E-state index in [-0.39, 0.29) is 11.7 Å². The molecule has 1 rings (SSSR count). The van der Waals surface area contributed by atoms with Crippen molar-refractivity contribution >= 4 is 9.84 Å². The second kappa shape index (κ2) is 9.24. The summed E-state index contributed by atoms with van der Waals surface area (Å²) >= 11 is 0. The quantitative estimate of drug-likeness (QED) is 0.580. The van der Waals surface area contributed by atoms with E-state index in [0.717, 1.165) is 19.3 Å². The number of hydrogen-bond acceptors (Lipinski definition) is 2. The number of benzene rings is 1. The van der Waals surface area contributed by atoms with Crippen LogP contribution in [0.1, 0.15) is 57.9 Å². The van der Waals surface area contributed by atoms with Crippen LogP contribution in [0.4, 0.5) is 0 Å². The molecular formula is C18H29O2S. The van der Waals surface area contributed by atoms with Gasteiger partial charge >= 0.3 is 0 Å². The monoisotopic (exact) mass is 309 g/mol. The van der Waals surface area contributed by atoms with Gasteiger partial charge < -0.3 is 0 Å². The average molecular weight is 309 g/mol. The minimum Gasteiger partial charge on any atom is -0.224 e. The van der Waals surface area contributed by atoms with Gasteiger partial charge in [-0.15, -0.1) is 0 Å². The predicted molar refractivity (Wildman–Crippen MR) is 90.1 cm³/mol. The fourth-order valence-electron chi connectivity index (χ4n) is 2.43. The third kappa shape index (κ3) is 6.64. The van der Waals surface area contributed by atoms with E-state index >= 15 is 0 Å². The Kier molecular flexibility index (Phi) is 8.02. The molecule has 0 N–H and O–H groups in total. The molecule has 1 aromatic rings. The minimum atomic E-state index is -3.16. The molecule has 0 aliphatic carbocycles. The van der Waals surface area contributed by atoms with E-state index in [1.807, 2.05) is 12.1 Å². The first-order valence-electron chi connectivity index (χ1n) is 8.14. The van der Waals surface area contributed by atoms with Crippen molar-refractivity contribution in [3.05, 3.63) is 36.8 Å². The lowest BCUT2D eigenvalue weighted by atomic mass is 10.0. The van der Waals surface area contributed by atoms with Gasteiger partial charge in [-0.1, -0.05) is 58.6 Å². The first kappa shape index (κ1) is 18.2. The van der Waals surface area contributed by atoms with Crippen molar-refractivity contribution in [2.24, 2.45) is 5.92 Å². The fraction of sp³-hybridized carbons (Fsp3) is 0.611. The molecule has 0 fully saturated rings. The lowest BCUT2D eigenvalue weighted by Crippen LogP contribution is -2.10. The maximum Gasteiger partial charge on any atom is 0.178 e. The van der Waals surface area contributed by atoms with Crippen molar-refractivity contribution in [1.82, 2.24) is 0 Å². The van der Waals surface area contributed by atoms with Crippen molar-refractivity contribution in [2.45, 2.75) is 63.7 Å². The average Bonchev–Trinajstić information content (AvgIpc) is 2.46. The molecule has 0 amide bonds. The second-order valence-electron chi connectivity index (χ2n) is 5.86. The lowest BCUT2D eigenvalue weighted by molar-refractivity contribution is 0.544. The maximum atomic E-state index is 12.3. The molecule has 1 aromatic carbocycles. The molecule has 0 bridgehead atoms. The number of aryl methyl sites for hydroxylation is 1. The molecule has 0 aliphatic rings. The summed E-state index contributed by atoms with van der Waals surface area (Å²) in [5, 5.41) is 0. The molecule has 0 spiro atoms. The van der Waals surface area contributed by atoms with Gasteiger partial charge in [-0.05, 0) is 42.9 Å². The molecule has 0 saturated carbocycles. The standard InChI is InChI=1S/C18H29O2S/c1-4-6-7-9-17-10-12-18(13-11-17)21(19,20)15-14-16(3)8-5-2/h10-13,16H,3-9,14-15H2,1-2H3.